The number of carbonyl (C=O) groups excluding carboxylic acids is 2. The number of carbonyl (C=O) groups is 2. The van der Waals surface area contributed by atoms with E-state index in [1.807, 2.05) is 6.07 Å². The van der Waals surface area contributed by atoms with Gasteiger partial charge in [-0.3, -0.25) is 9.59 Å². The van der Waals surface area contributed by atoms with E-state index in [1.165, 1.54) is 11.8 Å². The molecule has 23 heavy (non-hydrogen) atoms. The third-order valence-electron chi connectivity index (χ3n) is 3.08. The summed E-state index contributed by atoms with van der Waals surface area (Å²) < 4.78 is 0. The fraction of sp³-hybridized carbons (Fsp3) is 0.118. The molecule has 0 spiro atoms. The molecule has 0 bridgehead atoms. The van der Waals surface area contributed by atoms with Gasteiger partial charge >= 0.3 is 0 Å². The number of anilines is 2. The highest BCUT2D eigenvalue weighted by atomic mass is 35.5. The van der Waals surface area contributed by atoms with Crippen LogP contribution in [0, 0.1) is 11.3 Å². The highest BCUT2D eigenvalue weighted by Gasteiger charge is 2.16. The minimum Gasteiger partial charge on any atom is -0.324 e. The van der Waals surface area contributed by atoms with E-state index in [1.54, 1.807) is 48.5 Å². The van der Waals surface area contributed by atoms with Crippen molar-refractivity contribution in [1.29, 1.82) is 5.26 Å². The first kappa shape index (κ1) is 16.5. The van der Waals surface area contributed by atoms with Crippen LogP contribution in [0.4, 0.5) is 11.4 Å². The van der Waals surface area contributed by atoms with Crippen molar-refractivity contribution in [3.8, 4) is 6.07 Å². The van der Waals surface area contributed by atoms with Gasteiger partial charge in [0.05, 0.1) is 11.6 Å². The van der Waals surface area contributed by atoms with Gasteiger partial charge in [-0.1, -0.05) is 23.7 Å². The number of rotatable bonds is 4. The summed E-state index contributed by atoms with van der Waals surface area (Å²) in [5.74, 6) is -0.636. The lowest BCUT2D eigenvalue weighted by atomic mass is 10.2. The van der Waals surface area contributed by atoms with Crippen molar-refractivity contribution in [3.05, 3.63) is 59.1 Å². The average molecular weight is 328 g/mol. The van der Waals surface area contributed by atoms with Gasteiger partial charge in [-0.05, 0) is 36.4 Å². The number of nitrogens with one attached hydrogen (secondary N) is 1. The second-order valence-electron chi connectivity index (χ2n) is 4.83. The molecule has 1 N–H and O–H groups in total. The van der Waals surface area contributed by atoms with Gasteiger partial charge in [0, 0.05) is 23.3 Å². The summed E-state index contributed by atoms with van der Waals surface area (Å²) in [6.07, 6.45) is 0. The van der Waals surface area contributed by atoms with E-state index in [-0.39, 0.29) is 18.4 Å². The van der Waals surface area contributed by atoms with Crippen molar-refractivity contribution >= 4 is 34.8 Å². The Balaban J connectivity index is 2.12. The summed E-state index contributed by atoms with van der Waals surface area (Å²) in [6.45, 7) is 1.23. The highest BCUT2D eigenvalue weighted by molar-refractivity contribution is 6.31. The second-order valence-corrected chi connectivity index (χ2v) is 5.26. The van der Waals surface area contributed by atoms with Gasteiger partial charge < -0.3 is 10.2 Å². The van der Waals surface area contributed by atoms with Gasteiger partial charge in [-0.2, -0.15) is 5.26 Å². The summed E-state index contributed by atoms with van der Waals surface area (Å²) in [4.78, 5) is 25.3. The van der Waals surface area contributed by atoms with Crippen LogP contribution in [0.2, 0.25) is 5.02 Å². The summed E-state index contributed by atoms with van der Waals surface area (Å²) in [5, 5.41) is 12.0. The molecule has 0 saturated carbocycles. The molecule has 0 atom stereocenters. The topological polar surface area (TPSA) is 73.2 Å². The SMILES string of the molecule is CC(=O)N(CC(=O)Nc1cccc(C#N)c1)c1cccc(Cl)c1. The molecule has 0 radical (unpaired) electrons. The molecule has 2 aromatic carbocycles. The zero-order valence-electron chi connectivity index (χ0n) is 12.4. The maximum atomic E-state index is 12.2. The predicted octanol–water partition coefficient (Wildman–Crippen LogP) is 3.20. The van der Waals surface area contributed by atoms with Crippen molar-refractivity contribution in [2.75, 3.05) is 16.8 Å². The molecule has 0 aliphatic heterocycles. The molecule has 0 aliphatic carbocycles. The smallest absolute Gasteiger partial charge is 0.244 e. The lowest BCUT2D eigenvalue weighted by molar-refractivity contribution is -0.120. The monoisotopic (exact) mass is 327 g/mol. The van der Waals surface area contributed by atoms with E-state index in [0.29, 0.717) is 22.0 Å². The Kier molecular flexibility index (Phi) is 5.34. The fourth-order valence-corrected chi connectivity index (χ4v) is 2.22. The van der Waals surface area contributed by atoms with Crippen LogP contribution in [0.3, 0.4) is 0 Å². The number of hydrogen-bond acceptors (Lipinski definition) is 3. The lowest BCUT2D eigenvalue weighted by Crippen LogP contribution is -2.36. The van der Waals surface area contributed by atoms with Gasteiger partial charge in [0.15, 0.2) is 0 Å². The molecule has 2 aromatic rings. The Hall–Kier alpha value is -2.84. The van der Waals surface area contributed by atoms with Crippen molar-refractivity contribution in [3.63, 3.8) is 0 Å². The number of halogens is 1. The fourth-order valence-electron chi connectivity index (χ4n) is 2.04. The van der Waals surface area contributed by atoms with Crippen LogP contribution < -0.4 is 10.2 Å². The summed E-state index contributed by atoms with van der Waals surface area (Å²) in [7, 11) is 0. The second kappa shape index (κ2) is 7.43. The molecule has 116 valence electrons. The highest BCUT2D eigenvalue weighted by Crippen LogP contribution is 2.20. The van der Waals surface area contributed by atoms with E-state index in [0.717, 1.165) is 0 Å². The van der Waals surface area contributed by atoms with E-state index in [2.05, 4.69) is 5.32 Å². The van der Waals surface area contributed by atoms with Crippen LogP contribution in [0.5, 0.6) is 0 Å². The molecular formula is C17H14ClN3O2. The maximum Gasteiger partial charge on any atom is 0.244 e. The van der Waals surface area contributed by atoms with Crippen LogP contribution >= 0.6 is 11.6 Å². The molecule has 0 saturated heterocycles. The van der Waals surface area contributed by atoms with Crippen molar-refractivity contribution in [2.24, 2.45) is 0 Å². The van der Waals surface area contributed by atoms with Crippen molar-refractivity contribution in [2.45, 2.75) is 6.92 Å². The van der Waals surface area contributed by atoms with Gasteiger partial charge in [-0.15, -0.1) is 0 Å². The summed E-state index contributed by atoms with van der Waals surface area (Å²) in [5.41, 5.74) is 1.50. The summed E-state index contributed by atoms with van der Waals surface area (Å²) >= 11 is 5.92. The zero-order chi connectivity index (χ0) is 16.8. The number of amides is 2. The molecular weight excluding hydrogens is 314 g/mol. The lowest BCUT2D eigenvalue weighted by Gasteiger charge is -2.21. The quantitative estimate of drug-likeness (QED) is 0.937. The first-order chi connectivity index (χ1) is 11.0. The van der Waals surface area contributed by atoms with E-state index in [9.17, 15) is 9.59 Å². The van der Waals surface area contributed by atoms with Crippen molar-refractivity contribution in [1.82, 2.24) is 0 Å². The molecule has 0 aliphatic rings. The van der Waals surface area contributed by atoms with Gasteiger partial charge in [0.1, 0.15) is 6.54 Å². The van der Waals surface area contributed by atoms with Crippen LogP contribution in [0.1, 0.15) is 12.5 Å². The van der Waals surface area contributed by atoms with Crippen LogP contribution in [0.15, 0.2) is 48.5 Å². The van der Waals surface area contributed by atoms with E-state index < -0.39 is 0 Å². The molecule has 0 fully saturated rings. The number of nitrogens with zero attached hydrogens (tertiary/aromatic N) is 2. The number of benzene rings is 2. The van der Waals surface area contributed by atoms with Crippen LogP contribution in [-0.4, -0.2) is 18.4 Å². The van der Waals surface area contributed by atoms with Crippen molar-refractivity contribution < 1.29 is 9.59 Å². The third kappa shape index (κ3) is 4.56. The maximum absolute atomic E-state index is 12.2. The minimum atomic E-state index is -0.365. The molecule has 2 rings (SSSR count). The van der Waals surface area contributed by atoms with Gasteiger partial charge in [0.2, 0.25) is 11.8 Å². The minimum absolute atomic E-state index is 0.146. The number of nitriles is 1. The molecule has 0 unspecified atom stereocenters. The average Bonchev–Trinajstić information content (AvgIpc) is 2.52. The third-order valence-corrected chi connectivity index (χ3v) is 3.31. The predicted molar refractivity (Wildman–Crippen MR) is 89.3 cm³/mol. The van der Waals surface area contributed by atoms with Crippen LogP contribution in [-0.2, 0) is 9.59 Å². The summed E-state index contributed by atoms with van der Waals surface area (Å²) in [6, 6.07) is 15.3. The molecule has 2 amide bonds. The standard InChI is InChI=1S/C17H14ClN3O2/c1-12(22)21(16-7-3-5-14(18)9-16)11-17(23)20-15-6-2-4-13(8-15)10-19/h2-9H,11H2,1H3,(H,20,23). The molecule has 5 nitrogen and oxygen atoms in total. The van der Waals surface area contributed by atoms with Gasteiger partial charge in [0.25, 0.3) is 0 Å². The first-order valence-electron chi connectivity index (χ1n) is 6.83. The number of hydrogen-bond donors (Lipinski definition) is 1. The molecule has 0 heterocycles. The molecule has 0 aromatic heterocycles. The Morgan fingerprint density at radius 1 is 1.22 bits per heavy atom. The molecule has 6 heteroatoms. The first-order valence-corrected chi connectivity index (χ1v) is 7.21. The Labute approximate surface area is 139 Å². The largest absolute Gasteiger partial charge is 0.324 e. The Morgan fingerprint density at radius 2 is 1.96 bits per heavy atom. The van der Waals surface area contributed by atoms with E-state index >= 15 is 0 Å². The van der Waals surface area contributed by atoms with Crippen LogP contribution in [0.25, 0.3) is 0 Å². The van der Waals surface area contributed by atoms with E-state index in [4.69, 9.17) is 16.9 Å². The Bertz CT molecular complexity index is 783. The Morgan fingerprint density at radius 3 is 2.61 bits per heavy atom. The van der Waals surface area contributed by atoms with Gasteiger partial charge in [-0.25, -0.2) is 0 Å². The zero-order valence-corrected chi connectivity index (χ0v) is 13.2. The normalized spacial score (nSPS) is 9.78.